The van der Waals surface area contributed by atoms with E-state index in [2.05, 4.69) is 151 Å². The molecule has 0 fully saturated rings. The summed E-state index contributed by atoms with van der Waals surface area (Å²) in [5.74, 6) is 12.3. The zero-order chi connectivity index (χ0) is 40.0. The highest BCUT2D eigenvalue weighted by Crippen LogP contribution is 3.02. The van der Waals surface area contributed by atoms with Crippen LogP contribution in [0, 0.1) is 44.5 Å². The Morgan fingerprint density at radius 3 is 0.965 bits per heavy atom. The van der Waals surface area contributed by atoms with Crippen LogP contribution >= 0.6 is 10.2 Å². The van der Waals surface area contributed by atoms with E-state index in [1.54, 1.807) is 0 Å². The van der Waals surface area contributed by atoms with E-state index >= 15 is 0 Å². The van der Waals surface area contributed by atoms with Crippen LogP contribution in [0.4, 0.5) is 19.4 Å². The van der Waals surface area contributed by atoms with Crippen LogP contribution in [-0.2, 0) is 0 Å². The molecule has 57 heavy (non-hydrogen) atoms. The maximum absolute atomic E-state index is 13.2. The van der Waals surface area contributed by atoms with Crippen molar-refractivity contribution in [1.29, 1.82) is 0 Å². The summed E-state index contributed by atoms with van der Waals surface area (Å²) in [6.07, 6.45) is 0. The number of hydrogen-bond acceptors (Lipinski definition) is 0. The van der Waals surface area contributed by atoms with Crippen molar-refractivity contribution in [3.8, 4) is 57.6 Å². The summed E-state index contributed by atoms with van der Waals surface area (Å²) >= 11 is 0. The Labute approximate surface area is 328 Å². The van der Waals surface area contributed by atoms with Crippen molar-refractivity contribution < 1.29 is 19.4 Å². The van der Waals surface area contributed by atoms with Gasteiger partial charge in [-0.2, -0.15) is 0 Å². The molecular weight excluding hydrogens is 744 g/mol. The number of nitrogens with zero attached hydrogens (tertiary/aromatic N) is 2. The second-order valence-electron chi connectivity index (χ2n) is 14.2. The third-order valence-electron chi connectivity index (χ3n) is 9.77. The van der Waals surface area contributed by atoms with Crippen molar-refractivity contribution in [1.82, 2.24) is 9.13 Å². The van der Waals surface area contributed by atoms with Crippen LogP contribution in [0.15, 0.2) is 163 Å². The van der Waals surface area contributed by atoms with E-state index in [9.17, 15) is 19.4 Å². The number of halogens is 5. The Morgan fingerprint density at radius 2 is 0.649 bits per heavy atom. The van der Waals surface area contributed by atoms with E-state index in [1.165, 1.54) is 5.56 Å². The van der Waals surface area contributed by atoms with Crippen LogP contribution in [0.2, 0.25) is 0 Å². The van der Waals surface area contributed by atoms with Gasteiger partial charge in [-0.15, -0.1) is 0 Å². The molecule has 0 aliphatic carbocycles. The van der Waals surface area contributed by atoms with Crippen molar-refractivity contribution in [2.24, 2.45) is 0 Å². The Hall–Kier alpha value is -6.74. The van der Waals surface area contributed by atoms with E-state index in [-0.39, 0.29) is 5.56 Å². The summed E-state index contributed by atoms with van der Waals surface area (Å²) in [6, 6.07) is 48.0. The first-order valence-corrected chi connectivity index (χ1v) is 20.1. The average Bonchev–Trinajstić information content (AvgIpc) is 3.74. The first-order chi connectivity index (χ1) is 27.1. The van der Waals surface area contributed by atoms with E-state index in [4.69, 9.17) is 0 Å². The van der Waals surface area contributed by atoms with Crippen LogP contribution < -0.4 is 0 Å². The summed E-state index contributed by atoms with van der Waals surface area (Å²) in [6.45, 7) is 6.18. The van der Waals surface area contributed by atoms with E-state index < -0.39 is 15.1 Å². The molecule has 0 amide bonds. The smallest absolute Gasteiger partial charge is 0.308 e. The summed E-state index contributed by atoms with van der Waals surface area (Å²) in [5.41, 5.74) is 14.1. The van der Waals surface area contributed by atoms with Crippen molar-refractivity contribution in [2.45, 2.75) is 25.7 Å². The fourth-order valence-electron chi connectivity index (χ4n) is 6.69. The molecule has 8 heteroatoms. The van der Waals surface area contributed by atoms with Gasteiger partial charge in [0.2, 0.25) is 0 Å². The molecule has 0 aliphatic heterocycles. The third kappa shape index (κ3) is 8.00. The van der Waals surface area contributed by atoms with Gasteiger partial charge in [-0.3, -0.25) is 0 Å². The maximum atomic E-state index is 13.2. The predicted molar refractivity (Wildman–Crippen MR) is 224 cm³/mol. The van der Waals surface area contributed by atoms with Gasteiger partial charge in [-0.1, -0.05) is 120 Å². The lowest BCUT2D eigenvalue weighted by atomic mass is 10.1. The highest BCUT2D eigenvalue weighted by Gasteiger charge is 2.65. The van der Waals surface area contributed by atoms with Crippen LogP contribution in [0.3, 0.4) is 0 Å². The van der Waals surface area contributed by atoms with E-state index in [1.807, 2.05) is 36.4 Å². The second-order valence-corrected chi connectivity index (χ2v) is 16.6. The predicted octanol–water partition coefficient (Wildman–Crippen LogP) is 14.1. The van der Waals surface area contributed by atoms with Crippen LogP contribution in [0.1, 0.15) is 38.9 Å². The lowest BCUT2D eigenvalue weighted by molar-refractivity contribution is 0.364. The van der Waals surface area contributed by atoms with Gasteiger partial charge in [0.25, 0.3) is 0 Å². The Bertz CT molecular complexity index is 2900. The molecule has 0 N–H and O–H groups in total. The average molecular weight is 779 g/mol. The second kappa shape index (κ2) is 13.5. The molecule has 8 rings (SSSR count). The number of hydrogen-bond donors (Lipinski definition) is 0. The van der Waals surface area contributed by atoms with E-state index in [0.29, 0.717) is 17.7 Å². The SMILES string of the molecule is Cc1ccc(C#Cc2ccc(-c3cc4c(cc(-c5ccc(C#Cc6ccc(S(F)(F)(F)(F)F)cc6)cc5)n4-c4ccc(C)cc4)n3-c3ccc(C)cc3)cc2)cc1. The molecule has 2 nitrogen and oxygen atoms in total. The molecule has 0 aliphatic rings. The first-order valence-electron chi connectivity index (χ1n) is 18.2. The zero-order valence-electron chi connectivity index (χ0n) is 31.2. The monoisotopic (exact) mass is 778 g/mol. The molecule has 0 bridgehead atoms. The molecule has 0 saturated heterocycles. The van der Waals surface area contributed by atoms with E-state index in [0.717, 1.165) is 79.3 Å². The summed E-state index contributed by atoms with van der Waals surface area (Å²) in [5, 5.41) is 0. The summed E-state index contributed by atoms with van der Waals surface area (Å²) in [7, 11) is -9.75. The quantitative estimate of drug-likeness (QED) is 0.122. The lowest BCUT2D eigenvalue weighted by Gasteiger charge is -2.40. The maximum Gasteiger partial charge on any atom is 0.310 e. The summed E-state index contributed by atoms with van der Waals surface area (Å²) in [4.78, 5) is -1.94. The largest absolute Gasteiger partial charge is 0.310 e. The minimum atomic E-state index is -9.75. The van der Waals surface area contributed by atoms with Crippen molar-refractivity contribution in [3.05, 3.63) is 197 Å². The molecule has 6 aromatic carbocycles. The fourth-order valence-corrected chi connectivity index (χ4v) is 7.34. The molecule has 0 unspecified atom stereocenters. The highest BCUT2D eigenvalue weighted by atomic mass is 32.5. The van der Waals surface area contributed by atoms with Gasteiger partial charge in [0.1, 0.15) is 4.90 Å². The van der Waals surface area contributed by atoms with Crippen LogP contribution in [-0.4, -0.2) is 9.13 Å². The van der Waals surface area contributed by atoms with Gasteiger partial charge in [0, 0.05) is 33.6 Å². The highest BCUT2D eigenvalue weighted by molar-refractivity contribution is 8.45. The van der Waals surface area contributed by atoms with Gasteiger partial charge < -0.3 is 9.13 Å². The Morgan fingerprint density at radius 1 is 0.368 bits per heavy atom. The minimum absolute atomic E-state index is 0.193. The number of aryl methyl sites for hydroxylation is 3. The standard InChI is InChI=1S/C49H35F5N2S/c1-34-4-10-37(11-5-34)12-13-38-16-22-41(23-17-38)46-32-48-49(55(46)43-26-6-35(2)7-27-43)33-47(56(48)44-28-8-36(3)9-29-44)42-24-18-39(19-25-42)14-15-40-20-30-45(31-21-40)57(50,51,52,53)54/h4-11,16-33H,1-3H3. The molecule has 0 saturated carbocycles. The molecular formula is C49H35F5N2S. The normalized spacial score (nSPS) is 12.6. The van der Waals surface area contributed by atoms with Crippen molar-refractivity contribution in [3.63, 3.8) is 0 Å². The Balaban J connectivity index is 1.20. The molecule has 2 heterocycles. The Kier molecular flexibility index (Phi) is 8.80. The number of aromatic nitrogens is 2. The van der Waals surface area contributed by atoms with Gasteiger partial charge in [0.15, 0.2) is 0 Å². The number of fused-ring (bicyclic) bond motifs is 1. The molecule has 0 spiro atoms. The zero-order valence-corrected chi connectivity index (χ0v) is 32.0. The summed E-state index contributed by atoms with van der Waals surface area (Å²) < 4.78 is 70.4. The molecule has 282 valence electrons. The first kappa shape index (κ1) is 37.2. The van der Waals surface area contributed by atoms with Gasteiger partial charge in [-0.05, 0) is 129 Å². The molecule has 0 radical (unpaired) electrons. The topological polar surface area (TPSA) is 9.86 Å². The van der Waals surface area contributed by atoms with Gasteiger partial charge in [-0.25, -0.2) is 0 Å². The van der Waals surface area contributed by atoms with Crippen molar-refractivity contribution in [2.75, 3.05) is 0 Å². The van der Waals surface area contributed by atoms with Gasteiger partial charge in [0.05, 0.1) is 22.4 Å². The number of rotatable bonds is 5. The molecule has 8 aromatic rings. The van der Waals surface area contributed by atoms with Crippen LogP contribution in [0.5, 0.6) is 0 Å². The minimum Gasteiger partial charge on any atom is -0.308 e. The van der Waals surface area contributed by atoms with Crippen LogP contribution in [0.25, 0.3) is 44.9 Å². The van der Waals surface area contributed by atoms with Crippen molar-refractivity contribution >= 4 is 21.3 Å². The fraction of sp³-hybridized carbons (Fsp3) is 0.0612. The third-order valence-corrected chi connectivity index (χ3v) is 10.9. The molecule has 0 atom stereocenters. The number of benzene rings is 6. The van der Waals surface area contributed by atoms with Gasteiger partial charge >= 0.3 is 10.2 Å². The lowest BCUT2D eigenvalue weighted by Crippen LogP contribution is -2.05. The molecule has 2 aromatic heterocycles.